The van der Waals surface area contributed by atoms with Gasteiger partial charge in [-0.15, -0.1) is 0 Å². The molecule has 0 bridgehead atoms. The van der Waals surface area contributed by atoms with Crippen molar-refractivity contribution in [2.24, 2.45) is 0 Å². The number of aliphatic hydroxyl groups is 2. The van der Waals surface area contributed by atoms with E-state index in [0.717, 1.165) is 161 Å². The van der Waals surface area contributed by atoms with Gasteiger partial charge in [-0.2, -0.15) is 0 Å². The normalized spacial score (nSPS) is 14.6. The fraction of sp³-hybridized carbons (Fsp3) is 0.697. The highest BCUT2D eigenvalue weighted by molar-refractivity contribution is 7.47. The van der Waals surface area contributed by atoms with E-state index in [2.05, 4.69) is 167 Å². The summed E-state index contributed by atoms with van der Waals surface area (Å²) in [6, 6.07) is 0. The molecule has 0 spiro atoms. The molecule has 0 aromatic heterocycles. The van der Waals surface area contributed by atoms with E-state index in [0.29, 0.717) is 19.3 Å². The Morgan fingerprint density at radius 2 is 0.495 bits per heavy atom. The topological polar surface area (TPSA) is 231 Å². The van der Waals surface area contributed by atoms with Crippen LogP contribution in [-0.2, 0) is 55.8 Å². The van der Waals surface area contributed by atoms with Crippen molar-refractivity contribution < 1.29 is 75.8 Å². The van der Waals surface area contributed by atoms with E-state index >= 15 is 0 Å². The third kappa shape index (κ3) is 82.2. The van der Waals surface area contributed by atoms with Gasteiger partial charge in [0.2, 0.25) is 0 Å². The number of unbranched alkanes of at least 4 members (excludes halogenated alkanes) is 32. The van der Waals surface area contributed by atoms with Crippen LogP contribution in [0, 0.1) is 0 Å². The minimum Gasteiger partial charge on any atom is -0.463 e. The summed E-state index contributed by atoms with van der Waals surface area (Å²) in [5.74, 6) is -1.59. The molecular formula is C89H152O16P2. The van der Waals surface area contributed by atoms with Gasteiger partial charge >= 0.3 is 33.6 Å². The first-order valence-corrected chi connectivity index (χ1v) is 45.1. The first-order chi connectivity index (χ1) is 52.2. The molecule has 0 heterocycles. The van der Waals surface area contributed by atoms with Gasteiger partial charge in [0.15, 0.2) is 6.10 Å². The molecule has 5 unspecified atom stereocenters. The average molecular weight is 1540 g/mol. The molecule has 18 heteroatoms. The van der Waals surface area contributed by atoms with E-state index < -0.39 is 91.5 Å². The number of hydrogen-bond acceptors (Lipinski definition) is 14. The number of aliphatic hydroxyl groups excluding tert-OH is 2. The molecule has 0 aliphatic heterocycles. The fourth-order valence-electron chi connectivity index (χ4n) is 11.2. The summed E-state index contributed by atoms with van der Waals surface area (Å²) in [4.78, 5) is 58.8. The summed E-state index contributed by atoms with van der Waals surface area (Å²) in [6.45, 7) is 2.43. The molecule has 107 heavy (non-hydrogen) atoms. The SMILES string of the molecule is CC/C=C\C/C=C\C/C=C\C/C=C\C/C=C\CCCCCCCCCCCCCCCCCC(=O)OCC(O)COP(=O)(O)OCC(O)COP(=O)(O)OCC(COC(=O)CCCCCCCCCCC/C=C\C/C=C\C/C=C\C/C=C\C/C=C\CC)OC(=O)CCCCCCC/C=C\C/C=C\CCCCC. The Bertz CT molecular complexity index is 2530. The van der Waals surface area contributed by atoms with Gasteiger partial charge in [0.25, 0.3) is 0 Å². The second-order valence-electron chi connectivity index (χ2n) is 27.9. The van der Waals surface area contributed by atoms with Crippen LogP contribution in [0.25, 0.3) is 0 Å². The molecule has 0 amide bonds. The van der Waals surface area contributed by atoms with E-state index in [4.69, 9.17) is 32.3 Å². The second-order valence-corrected chi connectivity index (χ2v) is 30.8. The zero-order valence-corrected chi connectivity index (χ0v) is 69.1. The molecule has 0 aliphatic carbocycles. The number of esters is 3. The van der Waals surface area contributed by atoms with Gasteiger partial charge < -0.3 is 34.2 Å². The van der Waals surface area contributed by atoms with Crippen molar-refractivity contribution in [3.8, 4) is 0 Å². The number of ether oxygens (including phenoxy) is 3. The second kappa shape index (κ2) is 80.9. The molecule has 0 rings (SSSR count). The summed E-state index contributed by atoms with van der Waals surface area (Å²) in [5.41, 5.74) is 0. The van der Waals surface area contributed by atoms with Crippen LogP contribution in [0.5, 0.6) is 0 Å². The number of phosphoric acid groups is 2. The van der Waals surface area contributed by atoms with Crippen LogP contribution in [0.15, 0.2) is 146 Å². The first-order valence-electron chi connectivity index (χ1n) is 42.1. The summed E-state index contributed by atoms with van der Waals surface area (Å²) < 4.78 is 61.2. The standard InChI is InChI=1S/C89H152O16P2/c1-4-7-10-13-16-19-22-25-28-30-32-34-36-38-39-40-41-42-43-45-47-48-50-52-55-57-60-63-66-69-72-75-87(92)99-78-84(90)79-101-106(95,96)102-80-85(91)81-103-107(97,98)104-83-86(105-89(94)77-74-71-68-65-62-59-54-27-24-21-18-15-12-9-6-3)82-100-88(93)76-73-70-67-64-61-58-56-53-51-49-46-44-37-35-33-31-29-26-23-20-17-14-11-8-5-2/h7-8,10-11,16-21,25-29,32-35,38-39,44,46,54,84-86,90-91H,4-6,9,12-15,22-24,30-31,36-37,40-43,45,47-53,55-83H2,1-3H3,(H,95,96)(H,97,98)/b10-7-,11-8-,19-16-,20-17-,21-18-,28-25-,29-26-,34-32-,35-33-,39-38-,46-44-,54-27-. The van der Waals surface area contributed by atoms with Crippen molar-refractivity contribution in [1.82, 2.24) is 0 Å². The maximum Gasteiger partial charge on any atom is 0.472 e. The van der Waals surface area contributed by atoms with Gasteiger partial charge in [0, 0.05) is 19.3 Å². The zero-order valence-electron chi connectivity index (χ0n) is 67.3. The lowest BCUT2D eigenvalue weighted by molar-refractivity contribution is -0.161. The Hall–Kier alpha value is -4.57. The number of phosphoric ester groups is 2. The highest BCUT2D eigenvalue weighted by Crippen LogP contribution is 2.45. The molecule has 0 fully saturated rings. The first kappa shape index (κ1) is 102. The van der Waals surface area contributed by atoms with Crippen molar-refractivity contribution in [3.05, 3.63) is 146 Å². The Labute approximate surface area is 651 Å². The summed E-state index contributed by atoms with van der Waals surface area (Å²) in [5, 5.41) is 20.7. The molecule has 4 N–H and O–H groups in total. The van der Waals surface area contributed by atoms with Crippen LogP contribution < -0.4 is 0 Å². The Kier molecular flexibility index (Phi) is 77.5. The molecule has 614 valence electrons. The van der Waals surface area contributed by atoms with Crippen LogP contribution >= 0.6 is 15.6 Å². The molecule has 5 atom stereocenters. The highest BCUT2D eigenvalue weighted by atomic mass is 31.2. The lowest BCUT2D eigenvalue weighted by atomic mass is 10.0. The van der Waals surface area contributed by atoms with Crippen molar-refractivity contribution >= 4 is 33.6 Å². The van der Waals surface area contributed by atoms with E-state index in [1.807, 2.05) is 0 Å². The van der Waals surface area contributed by atoms with Crippen LogP contribution in [0.2, 0.25) is 0 Å². The minimum atomic E-state index is -4.94. The van der Waals surface area contributed by atoms with Crippen LogP contribution in [0.3, 0.4) is 0 Å². The fourth-order valence-corrected chi connectivity index (χ4v) is 12.8. The Morgan fingerprint density at radius 1 is 0.271 bits per heavy atom. The molecule has 0 saturated heterocycles. The molecular weight excluding hydrogens is 1390 g/mol. The molecule has 0 aliphatic rings. The van der Waals surface area contributed by atoms with E-state index in [1.165, 1.54) is 122 Å². The molecule has 0 saturated carbocycles. The smallest absolute Gasteiger partial charge is 0.463 e. The van der Waals surface area contributed by atoms with Crippen molar-refractivity contribution in [3.63, 3.8) is 0 Å². The number of carbonyl (C=O) groups excluding carboxylic acids is 3. The molecule has 0 aromatic rings. The number of hydrogen-bond donors (Lipinski definition) is 4. The van der Waals surface area contributed by atoms with E-state index in [9.17, 15) is 43.5 Å². The van der Waals surface area contributed by atoms with Crippen molar-refractivity contribution in [2.45, 2.75) is 360 Å². The van der Waals surface area contributed by atoms with Gasteiger partial charge in [-0.1, -0.05) is 327 Å². The van der Waals surface area contributed by atoms with Crippen LogP contribution in [0.4, 0.5) is 0 Å². The molecule has 0 radical (unpaired) electrons. The van der Waals surface area contributed by atoms with Gasteiger partial charge in [-0.25, -0.2) is 9.13 Å². The van der Waals surface area contributed by atoms with Crippen molar-refractivity contribution in [1.29, 1.82) is 0 Å². The van der Waals surface area contributed by atoms with Gasteiger partial charge in [-0.3, -0.25) is 32.5 Å². The van der Waals surface area contributed by atoms with Crippen LogP contribution in [0.1, 0.15) is 342 Å². The average Bonchev–Trinajstić information content (AvgIpc) is 0.906. The third-order valence-electron chi connectivity index (χ3n) is 17.5. The predicted octanol–water partition coefficient (Wildman–Crippen LogP) is 25.2. The quantitative estimate of drug-likeness (QED) is 0.0146. The zero-order chi connectivity index (χ0) is 78.0. The Balaban J connectivity index is 4.51. The number of rotatable bonds is 79. The highest BCUT2D eigenvalue weighted by Gasteiger charge is 2.29. The molecule has 16 nitrogen and oxygen atoms in total. The van der Waals surface area contributed by atoms with Crippen molar-refractivity contribution in [2.75, 3.05) is 39.6 Å². The monoisotopic (exact) mass is 1540 g/mol. The Morgan fingerprint density at radius 3 is 0.785 bits per heavy atom. The maximum absolute atomic E-state index is 13.0. The van der Waals surface area contributed by atoms with Gasteiger partial charge in [0.1, 0.15) is 25.4 Å². The summed E-state index contributed by atoms with van der Waals surface area (Å²) >= 11 is 0. The largest absolute Gasteiger partial charge is 0.472 e. The summed E-state index contributed by atoms with van der Waals surface area (Å²) in [7, 11) is -9.80. The summed E-state index contributed by atoms with van der Waals surface area (Å²) in [6.07, 6.45) is 100. The maximum atomic E-state index is 13.0. The lowest BCUT2D eigenvalue weighted by Crippen LogP contribution is -2.30. The van der Waals surface area contributed by atoms with Crippen LogP contribution in [-0.4, -0.2) is 95.9 Å². The minimum absolute atomic E-state index is 0.0848. The number of allylic oxidation sites excluding steroid dienone is 24. The van der Waals surface area contributed by atoms with E-state index in [-0.39, 0.29) is 19.3 Å². The van der Waals surface area contributed by atoms with Gasteiger partial charge in [0.05, 0.1) is 26.4 Å². The predicted molar refractivity (Wildman–Crippen MR) is 445 cm³/mol. The van der Waals surface area contributed by atoms with Gasteiger partial charge in [-0.05, 0) is 141 Å². The van der Waals surface area contributed by atoms with E-state index in [1.54, 1.807) is 0 Å². The molecule has 0 aromatic carbocycles. The number of carbonyl (C=O) groups is 3. The third-order valence-corrected chi connectivity index (χ3v) is 19.4. The lowest BCUT2D eigenvalue weighted by Gasteiger charge is -2.21.